The average Bonchev–Trinajstić information content (AvgIpc) is 3.15. The van der Waals surface area contributed by atoms with Gasteiger partial charge in [0, 0.05) is 28.7 Å². The predicted octanol–water partition coefficient (Wildman–Crippen LogP) is 5.70. The maximum atomic E-state index is 13.3. The SMILES string of the molecule is CN(C)C1CCCN(C(=O)c2ccc(NC(=O)c3ccccc3Cl)cc2)c2ccsc21. The molecule has 160 valence electrons. The highest BCUT2D eigenvalue weighted by atomic mass is 35.5. The second-order valence-electron chi connectivity index (χ2n) is 7.76. The van der Waals surface area contributed by atoms with Crippen molar-refractivity contribution in [2.24, 2.45) is 0 Å². The van der Waals surface area contributed by atoms with Gasteiger partial charge in [-0.15, -0.1) is 11.3 Å². The first kappa shape index (κ1) is 21.6. The molecule has 0 spiro atoms. The lowest BCUT2D eigenvalue weighted by molar-refractivity contribution is 0.0985. The highest BCUT2D eigenvalue weighted by Gasteiger charge is 2.29. The molecule has 0 saturated carbocycles. The van der Waals surface area contributed by atoms with Crippen LogP contribution in [0.25, 0.3) is 0 Å². The van der Waals surface area contributed by atoms with Gasteiger partial charge >= 0.3 is 0 Å². The van der Waals surface area contributed by atoms with Crippen LogP contribution in [0.2, 0.25) is 5.02 Å². The number of fused-ring (bicyclic) bond motifs is 1. The number of halogens is 1. The number of rotatable bonds is 4. The molecule has 2 amide bonds. The summed E-state index contributed by atoms with van der Waals surface area (Å²) in [6, 6.07) is 16.3. The molecule has 1 aliphatic heterocycles. The van der Waals surface area contributed by atoms with Crippen molar-refractivity contribution < 1.29 is 9.59 Å². The number of thiophene rings is 1. The number of carbonyl (C=O) groups excluding carboxylic acids is 2. The lowest BCUT2D eigenvalue weighted by Gasteiger charge is -2.24. The first-order valence-corrected chi connectivity index (χ1v) is 11.4. The zero-order chi connectivity index (χ0) is 22.0. The van der Waals surface area contributed by atoms with Crippen molar-refractivity contribution in [3.8, 4) is 0 Å². The van der Waals surface area contributed by atoms with Crippen LogP contribution in [0.3, 0.4) is 0 Å². The second-order valence-corrected chi connectivity index (χ2v) is 9.11. The first-order chi connectivity index (χ1) is 15.0. The van der Waals surface area contributed by atoms with E-state index in [9.17, 15) is 9.59 Å². The molecule has 1 unspecified atom stereocenters. The Morgan fingerprint density at radius 2 is 1.84 bits per heavy atom. The minimum atomic E-state index is -0.283. The van der Waals surface area contributed by atoms with Crippen LogP contribution in [0.5, 0.6) is 0 Å². The normalized spacial score (nSPS) is 16.0. The molecule has 31 heavy (non-hydrogen) atoms. The summed E-state index contributed by atoms with van der Waals surface area (Å²) < 4.78 is 0. The Morgan fingerprint density at radius 3 is 2.55 bits per heavy atom. The Bertz CT molecular complexity index is 1090. The molecule has 1 aliphatic rings. The molecule has 0 bridgehead atoms. The Kier molecular flexibility index (Phi) is 6.41. The van der Waals surface area contributed by atoms with E-state index in [2.05, 4.69) is 29.7 Å². The number of amides is 2. The van der Waals surface area contributed by atoms with Crippen LogP contribution in [0.15, 0.2) is 60.0 Å². The molecule has 4 rings (SSSR count). The van der Waals surface area contributed by atoms with E-state index in [0.717, 1.165) is 18.5 Å². The van der Waals surface area contributed by atoms with Crippen LogP contribution in [-0.4, -0.2) is 37.4 Å². The standard InChI is InChI=1S/C24H24ClN3O2S/c1-27(2)20-8-5-14-28(21-13-15-31-22(20)21)24(30)16-9-11-17(12-10-16)26-23(29)18-6-3-4-7-19(18)25/h3-4,6-7,9-13,15,20H,5,8,14H2,1-2H3,(H,26,29). The van der Waals surface area contributed by atoms with E-state index < -0.39 is 0 Å². The molecule has 0 aliphatic carbocycles. The summed E-state index contributed by atoms with van der Waals surface area (Å²) in [7, 11) is 4.17. The van der Waals surface area contributed by atoms with Crippen molar-refractivity contribution in [2.75, 3.05) is 30.9 Å². The zero-order valence-corrected chi connectivity index (χ0v) is 19.0. The van der Waals surface area contributed by atoms with Gasteiger partial charge in [-0.1, -0.05) is 23.7 Å². The van der Waals surface area contributed by atoms with Crippen molar-refractivity contribution in [1.29, 1.82) is 0 Å². The Hall–Kier alpha value is -2.67. The predicted molar refractivity (Wildman–Crippen MR) is 128 cm³/mol. The van der Waals surface area contributed by atoms with Crippen LogP contribution < -0.4 is 10.2 Å². The largest absolute Gasteiger partial charge is 0.322 e. The van der Waals surface area contributed by atoms with Gasteiger partial charge in [0.1, 0.15) is 0 Å². The number of hydrogen-bond acceptors (Lipinski definition) is 4. The molecule has 0 radical (unpaired) electrons. The van der Waals surface area contributed by atoms with E-state index in [-0.39, 0.29) is 11.8 Å². The molecule has 2 aromatic carbocycles. The van der Waals surface area contributed by atoms with Crippen LogP contribution >= 0.6 is 22.9 Å². The fourth-order valence-electron chi connectivity index (χ4n) is 3.88. The van der Waals surface area contributed by atoms with E-state index in [1.54, 1.807) is 59.9 Å². The van der Waals surface area contributed by atoms with Gasteiger partial charge in [-0.25, -0.2) is 0 Å². The van der Waals surface area contributed by atoms with Crippen LogP contribution in [0.4, 0.5) is 11.4 Å². The monoisotopic (exact) mass is 453 g/mol. The van der Waals surface area contributed by atoms with E-state index in [4.69, 9.17) is 11.6 Å². The summed E-state index contributed by atoms with van der Waals surface area (Å²) in [5, 5.41) is 5.29. The summed E-state index contributed by atoms with van der Waals surface area (Å²) in [5.41, 5.74) is 2.62. The van der Waals surface area contributed by atoms with Gasteiger partial charge in [-0.2, -0.15) is 0 Å². The number of hydrogen-bond donors (Lipinski definition) is 1. The summed E-state index contributed by atoms with van der Waals surface area (Å²) in [6.45, 7) is 0.692. The number of carbonyl (C=O) groups is 2. The van der Waals surface area contributed by atoms with Crippen LogP contribution in [0, 0.1) is 0 Å². The molecule has 7 heteroatoms. The highest BCUT2D eigenvalue weighted by Crippen LogP contribution is 2.40. The van der Waals surface area contributed by atoms with Gasteiger partial charge in [0.05, 0.1) is 16.3 Å². The number of anilines is 2. The van der Waals surface area contributed by atoms with Crippen molar-refractivity contribution in [3.63, 3.8) is 0 Å². The molecule has 3 aromatic rings. The lowest BCUT2D eigenvalue weighted by atomic mass is 10.1. The molecule has 2 heterocycles. The van der Waals surface area contributed by atoms with E-state index in [1.165, 1.54) is 4.88 Å². The summed E-state index contributed by atoms with van der Waals surface area (Å²) in [4.78, 5) is 31.1. The van der Waals surface area contributed by atoms with Crippen LogP contribution in [0.1, 0.15) is 44.5 Å². The van der Waals surface area contributed by atoms with Gasteiger partial charge < -0.3 is 15.1 Å². The minimum Gasteiger partial charge on any atom is -0.322 e. The molecule has 0 saturated heterocycles. The van der Waals surface area contributed by atoms with Gasteiger partial charge in [-0.05, 0) is 74.8 Å². The van der Waals surface area contributed by atoms with E-state index in [1.807, 2.05) is 11.0 Å². The lowest BCUT2D eigenvalue weighted by Crippen LogP contribution is -2.31. The summed E-state index contributed by atoms with van der Waals surface area (Å²) >= 11 is 7.81. The zero-order valence-electron chi connectivity index (χ0n) is 17.5. The fraction of sp³-hybridized carbons (Fsp3) is 0.250. The first-order valence-electron chi connectivity index (χ1n) is 10.2. The summed E-state index contributed by atoms with van der Waals surface area (Å²) in [6.07, 6.45) is 1.97. The topological polar surface area (TPSA) is 52.6 Å². The Labute approximate surface area is 191 Å². The Morgan fingerprint density at radius 1 is 1.10 bits per heavy atom. The van der Waals surface area contributed by atoms with E-state index in [0.29, 0.717) is 34.4 Å². The maximum Gasteiger partial charge on any atom is 0.258 e. The Balaban J connectivity index is 1.51. The second kappa shape index (κ2) is 9.22. The quantitative estimate of drug-likeness (QED) is 0.551. The van der Waals surface area contributed by atoms with Crippen molar-refractivity contribution in [1.82, 2.24) is 4.90 Å². The number of nitrogens with one attached hydrogen (secondary N) is 1. The van der Waals surface area contributed by atoms with Crippen LogP contribution in [-0.2, 0) is 0 Å². The third-order valence-corrected chi connectivity index (χ3v) is 6.84. The third kappa shape index (κ3) is 4.51. The molecule has 1 N–H and O–H groups in total. The van der Waals surface area contributed by atoms with Crippen molar-refractivity contribution in [2.45, 2.75) is 18.9 Å². The molecule has 1 aromatic heterocycles. The van der Waals surface area contributed by atoms with Gasteiger partial charge in [0.25, 0.3) is 11.8 Å². The van der Waals surface area contributed by atoms with Gasteiger partial charge in [-0.3, -0.25) is 9.59 Å². The number of nitrogens with zero attached hydrogens (tertiary/aromatic N) is 2. The van der Waals surface area contributed by atoms with Crippen molar-refractivity contribution in [3.05, 3.63) is 81.0 Å². The fourth-order valence-corrected chi connectivity index (χ4v) is 5.23. The molecule has 5 nitrogen and oxygen atoms in total. The molecule has 0 fully saturated rings. The molecular weight excluding hydrogens is 430 g/mol. The summed E-state index contributed by atoms with van der Waals surface area (Å²) in [5.74, 6) is -0.308. The smallest absolute Gasteiger partial charge is 0.258 e. The minimum absolute atomic E-state index is 0.0250. The maximum absolute atomic E-state index is 13.3. The molecular formula is C24H24ClN3O2S. The number of benzene rings is 2. The third-order valence-electron chi connectivity index (χ3n) is 5.50. The van der Waals surface area contributed by atoms with E-state index >= 15 is 0 Å². The van der Waals surface area contributed by atoms with Gasteiger partial charge in [0.15, 0.2) is 0 Å². The van der Waals surface area contributed by atoms with Crippen molar-refractivity contribution >= 4 is 46.1 Å². The molecule has 1 atom stereocenters. The average molecular weight is 454 g/mol. The van der Waals surface area contributed by atoms with Gasteiger partial charge in [0.2, 0.25) is 0 Å². The highest BCUT2D eigenvalue weighted by molar-refractivity contribution is 7.10.